The second-order valence-electron chi connectivity index (χ2n) is 7.78. The maximum absolute atomic E-state index is 13.5. The van der Waals surface area contributed by atoms with Crippen molar-refractivity contribution in [3.8, 4) is 11.4 Å². The van der Waals surface area contributed by atoms with E-state index in [2.05, 4.69) is 10.3 Å². The first-order chi connectivity index (χ1) is 16.9. The van der Waals surface area contributed by atoms with Gasteiger partial charge in [0, 0.05) is 24.6 Å². The summed E-state index contributed by atoms with van der Waals surface area (Å²) < 4.78 is 35.3. The molecule has 4 aromatic rings. The van der Waals surface area contributed by atoms with Crippen LogP contribution < -0.4 is 14.4 Å². The zero-order valence-corrected chi connectivity index (χ0v) is 20.3. The Hall–Kier alpha value is -4.11. The minimum absolute atomic E-state index is 0.0871. The molecule has 1 amide bonds. The van der Waals surface area contributed by atoms with Gasteiger partial charge in [0.05, 0.1) is 17.7 Å². The van der Waals surface area contributed by atoms with Gasteiger partial charge in [0.25, 0.3) is 10.0 Å². The minimum atomic E-state index is -4.02. The largest absolute Gasteiger partial charge is 0.495 e. The number of hydrogen-bond donors (Lipinski definition) is 1. The van der Waals surface area contributed by atoms with Gasteiger partial charge in [0.1, 0.15) is 18.1 Å². The summed E-state index contributed by atoms with van der Waals surface area (Å²) in [6.45, 7) is 1.78. The number of nitrogens with one attached hydrogen (secondary N) is 1. The lowest BCUT2D eigenvalue weighted by Gasteiger charge is -2.25. The molecule has 180 valence electrons. The van der Waals surface area contributed by atoms with E-state index < -0.39 is 22.5 Å². The molecule has 0 aliphatic carbocycles. The Morgan fingerprint density at radius 1 is 1.00 bits per heavy atom. The fraction of sp³-hybridized carbons (Fsp3) is 0.154. The number of benzene rings is 3. The van der Waals surface area contributed by atoms with Crippen molar-refractivity contribution >= 4 is 21.6 Å². The zero-order chi connectivity index (χ0) is 24.8. The molecule has 0 saturated heterocycles. The summed E-state index contributed by atoms with van der Waals surface area (Å²) in [6, 6.07) is 22.4. The van der Waals surface area contributed by atoms with E-state index in [0.29, 0.717) is 5.75 Å². The number of rotatable bonds is 9. The van der Waals surface area contributed by atoms with Gasteiger partial charge in [-0.2, -0.15) is 0 Å². The number of methoxy groups -OCH3 is 1. The highest BCUT2D eigenvalue weighted by molar-refractivity contribution is 7.92. The fourth-order valence-electron chi connectivity index (χ4n) is 3.67. The second-order valence-corrected chi connectivity index (χ2v) is 9.65. The number of aromatic nitrogens is 2. The molecule has 0 atom stereocenters. The third-order valence-electron chi connectivity index (χ3n) is 5.50. The van der Waals surface area contributed by atoms with Crippen LogP contribution in [0.4, 0.5) is 5.69 Å². The molecule has 0 spiro atoms. The molecule has 3 aromatic carbocycles. The summed E-state index contributed by atoms with van der Waals surface area (Å²) in [5.74, 6) is 0.789. The zero-order valence-electron chi connectivity index (χ0n) is 19.5. The summed E-state index contributed by atoms with van der Waals surface area (Å²) >= 11 is 0. The average Bonchev–Trinajstić information content (AvgIpc) is 3.32. The number of carbonyl (C=O) groups excluding carboxylic acids is 1. The van der Waals surface area contributed by atoms with Crippen LogP contribution in [0.5, 0.6) is 5.75 Å². The SMILES string of the molecule is COc1ccccc1N(CC(=O)NCc1ccc(-n2ccnc2C)cc1)S(=O)(=O)c1ccccc1. The van der Waals surface area contributed by atoms with Crippen molar-refractivity contribution in [3.05, 3.63) is 103 Å². The van der Waals surface area contributed by atoms with Gasteiger partial charge in [-0.1, -0.05) is 42.5 Å². The number of nitrogens with zero attached hydrogens (tertiary/aromatic N) is 3. The number of aryl methyl sites for hydroxylation is 1. The van der Waals surface area contributed by atoms with Crippen LogP contribution in [0.3, 0.4) is 0 Å². The highest BCUT2D eigenvalue weighted by Crippen LogP contribution is 2.32. The van der Waals surface area contributed by atoms with Gasteiger partial charge in [-0.3, -0.25) is 9.10 Å². The van der Waals surface area contributed by atoms with Crippen molar-refractivity contribution in [2.24, 2.45) is 0 Å². The van der Waals surface area contributed by atoms with E-state index in [1.807, 2.05) is 42.0 Å². The molecular formula is C26H26N4O4S. The molecule has 0 radical (unpaired) electrons. The molecule has 8 nitrogen and oxygen atoms in total. The van der Waals surface area contributed by atoms with E-state index in [0.717, 1.165) is 21.4 Å². The lowest BCUT2D eigenvalue weighted by Crippen LogP contribution is -2.40. The minimum Gasteiger partial charge on any atom is -0.495 e. The third kappa shape index (κ3) is 5.36. The highest BCUT2D eigenvalue weighted by atomic mass is 32.2. The van der Waals surface area contributed by atoms with E-state index >= 15 is 0 Å². The van der Waals surface area contributed by atoms with Gasteiger partial charge in [-0.05, 0) is 48.9 Å². The van der Waals surface area contributed by atoms with Gasteiger partial charge in [0.2, 0.25) is 5.91 Å². The Labute approximate surface area is 204 Å². The molecule has 1 heterocycles. The highest BCUT2D eigenvalue weighted by Gasteiger charge is 2.29. The van der Waals surface area contributed by atoms with Crippen molar-refractivity contribution in [2.45, 2.75) is 18.4 Å². The summed E-state index contributed by atoms with van der Waals surface area (Å²) in [5, 5.41) is 2.82. The number of ether oxygens (including phenoxy) is 1. The van der Waals surface area contributed by atoms with E-state index in [9.17, 15) is 13.2 Å². The molecule has 0 unspecified atom stereocenters. The van der Waals surface area contributed by atoms with Gasteiger partial charge >= 0.3 is 0 Å². The van der Waals surface area contributed by atoms with Gasteiger partial charge in [-0.25, -0.2) is 13.4 Å². The van der Waals surface area contributed by atoms with E-state index in [1.54, 1.807) is 48.7 Å². The summed E-state index contributed by atoms with van der Waals surface area (Å²) in [4.78, 5) is 17.2. The predicted octanol–water partition coefficient (Wildman–Crippen LogP) is 3.70. The van der Waals surface area contributed by atoms with Crippen molar-refractivity contribution < 1.29 is 17.9 Å². The Bertz CT molecular complexity index is 1400. The normalized spacial score (nSPS) is 11.1. The van der Waals surface area contributed by atoms with Crippen molar-refractivity contribution in [3.63, 3.8) is 0 Å². The number of sulfonamides is 1. The summed E-state index contributed by atoms with van der Waals surface area (Å²) in [5.41, 5.74) is 2.13. The Kier molecular flexibility index (Phi) is 7.17. The number of hydrogen-bond acceptors (Lipinski definition) is 5. The molecule has 0 fully saturated rings. The van der Waals surface area contributed by atoms with Crippen molar-refractivity contribution in [2.75, 3.05) is 18.0 Å². The molecule has 0 aliphatic heterocycles. The lowest BCUT2D eigenvalue weighted by molar-refractivity contribution is -0.119. The molecule has 4 rings (SSSR count). The molecular weight excluding hydrogens is 464 g/mol. The maximum atomic E-state index is 13.5. The number of amides is 1. The molecule has 9 heteroatoms. The van der Waals surface area contributed by atoms with Gasteiger partial charge in [0.15, 0.2) is 0 Å². The number of imidazole rings is 1. The summed E-state index contributed by atoms with van der Waals surface area (Å²) in [7, 11) is -2.56. The number of carbonyl (C=O) groups is 1. The standard InChI is InChI=1S/C26H26N4O4S/c1-20-27-16-17-29(20)22-14-12-21(13-15-22)18-28-26(31)19-30(24-10-6-7-11-25(24)34-2)35(32,33)23-8-4-3-5-9-23/h3-17H,18-19H2,1-2H3,(H,28,31). The molecule has 1 aromatic heterocycles. The van der Waals surface area contributed by atoms with Crippen molar-refractivity contribution in [1.82, 2.24) is 14.9 Å². The van der Waals surface area contributed by atoms with E-state index in [-0.39, 0.29) is 17.1 Å². The van der Waals surface area contributed by atoms with Crippen LogP contribution in [-0.2, 0) is 21.4 Å². The Morgan fingerprint density at radius 3 is 2.34 bits per heavy atom. The van der Waals surface area contributed by atoms with Gasteiger partial charge in [-0.15, -0.1) is 0 Å². The lowest BCUT2D eigenvalue weighted by atomic mass is 10.2. The second kappa shape index (κ2) is 10.4. The molecule has 35 heavy (non-hydrogen) atoms. The molecule has 1 N–H and O–H groups in total. The van der Waals surface area contributed by atoms with Crippen LogP contribution in [0.1, 0.15) is 11.4 Å². The first kappa shape index (κ1) is 24.0. The van der Waals surface area contributed by atoms with Crippen LogP contribution in [0.2, 0.25) is 0 Å². The fourth-order valence-corrected chi connectivity index (χ4v) is 5.12. The van der Waals surface area contributed by atoms with Gasteiger partial charge < -0.3 is 14.6 Å². The van der Waals surface area contributed by atoms with Crippen LogP contribution in [-0.4, -0.2) is 37.5 Å². The molecule has 0 aliphatic rings. The Morgan fingerprint density at radius 2 is 1.69 bits per heavy atom. The first-order valence-electron chi connectivity index (χ1n) is 11.0. The quantitative estimate of drug-likeness (QED) is 0.386. The molecule has 0 bridgehead atoms. The van der Waals surface area contributed by atoms with Crippen LogP contribution in [0.15, 0.2) is 96.2 Å². The Balaban J connectivity index is 1.52. The topological polar surface area (TPSA) is 93.5 Å². The van der Waals surface area contributed by atoms with Crippen LogP contribution >= 0.6 is 0 Å². The van der Waals surface area contributed by atoms with Crippen LogP contribution in [0.25, 0.3) is 5.69 Å². The van der Waals surface area contributed by atoms with Crippen molar-refractivity contribution in [1.29, 1.82) is 0 Å². The number of para-hydroxylation sites is 2. The maximum Gasteiger partial charge on any atom is 0.264 e. The summed E-state index contributed by atoms with van der Waals surface area (Å²) in [6.07, 6.45) is 3.62. The monoisotopic (exact) mass is 490 g/mol. The van der Waals surface area contributed by atoms with Crippen LogP contribution in [0, 0.1) is 6.92 Å². The average molecular weight is 491 g/mol. The van der Waals surface area contributed by atoms with E-state index in [4.69, 9.17) is 4.74 Å². The third-order valence-corrected chi connectivity index (χ3v) is 7.28. The van der Waals surface area contributed by atoms with E-state index in [1.165, 1.54) is 19.2 Å². The molecule has 0 saturated carbocycles. The predicted molar refractivity (Wildman–Crippen MR) is 134 cm³/mol. The smallest absolute Gasteiger partial charge is 0.264 e. The first-order valence-corrected chi connectivity index (χ1v) is 12.4. The number of anilines is 1.